The van der Waals surface area contributed by atoms with E-state index in [2.05, 4.69) is 16.1 Å². The van der Waals surface area contributed by atoms with E-state index in [0.717, 1.165) is 16.5 Å². The largest absolute Gasteiger partial charge is 0.455 e. The number of hydrogen-bond donors (Lipinski definition) is 3. The Balaban J connectivity index is 1.72. The first-order chi connectivity index (χ1) is 19.9. The zero-order valence-electron chi connectivity index (χ0n) is 25.1. The first-order valence-corrected chi connectivity index (χ1v) is 14.4. The Bertz CT molecular complexity index is 1370. The van der Waals surface area contributed by atoms with Crippen molar-refractivity contribution < 1.29 is 28.7 Å². The molecular formula is C31H41N5O6. The van der Waals surface area contributed by atoms with Gasteiger partial charge in [0.15, 0.2) is 0 Å². The zero-order chi connectivity index (χ0) is 30.6. The highest BCUT2D eigenvalue weighted by Gasteiger charge is 2.36. The number of cyclic esters (lactones) is 1. The van der Waals surface area contributed by atoms with Crippen LogP contribution < -0.4 is 16.1 Å². The van der Waals surface area contributed by atoms with Gasteiger partial charge in [-0.3, -0.25) is 24.2 Å². The number of nitrogens with zero attached hydrogens (tertiary/aromatic N) is 2. The Labute approximate surface area is 246 Å². The second-order valence-electron chi connectivity index (χ2n) is 11.8. The van der Waals surface area contributed by atoms with Crippen LogP contribution in [0.3, 0.4) is 0 Å². The maximum Gasteiger partial charge on any atom is 0.325 e. The summed E-state index contributed by atoms with van der Waals surface area (Å²) < 4.78 is 11.0. The van der Waals surface area contributed by atoms with Crippen molar-refractivity contribution in [3.8, 4) is 0 Å². The lowest BCUT2D eigenvalue weighted by Crippen LogP contribution is -2.62. The molecule has 1 saturated heterocycles. The second kappa shape index (κ2) is 13.0. The van der Waals surface area contributed by atoms with Crippen molar-refractivity contribution in [2.75, 3.05) is 20.3 Å². The van der Waals surface area contributed by atoms with Crippen molar-refractivity contribution in [2.24, 2.45) is 11.3 Å². The average molecular weight is 580 g/mol. The molecule has 4 atom stereocenters. The number of carbonyl (C=O) groups is 4. The lowest BCUT2D eigenvalue weighted by atomic mass is 9.89. The molecule has 0 saturated carbocycles. The van der Waals surface area contributed by atoms with Crippen LogP contribution in [-0.2, 0) is 28.7 Å². The van der Waals surface area contributed by atoms with Crippen LogP contribution in [-0.4, -0.2) is 72.1 Å². The van der Waals surface area contributed by atoms with Gasteiger partial charge < -0.3 is 20.1 Å². The Morgan fingerprint density at radius 1 is 1.12 bits per heavy atom. The van der Waals surface area contributed by atoms with Crippen molar-refractivity contribution in [2.45, 2.75) is 71.7 Å². The number of pyridine rings is 1. The van der Waals surface area contributed by atoms with Gasteiger partial charge in [-0.2, -0.15) is 0 Å². The number of hydrogen-bond acceptors (Lipinski definition) is 8. The number of aromatic nitrogens is 1. The number of amides is 3. The van der Waals surface area contributed by atoms with Crippen LogP contribution in [0.4, 0.5) is 0 Å². The van der Waals surface area contributed by atoms with E-state index in [0.29, 0.717) is 25.1 Å². The Morgan fingerprint density at radius 3 is 2.57 bits per heavy atom. The van der Waals surface area contributed by atoms with Crippen LogP contribution in [0.5, 0.6) is 0 Å². The molecule has 4 rings (SSSR count). The summed E-state index contributed by atoms with van der Waals surface area (Å²) in [6.45, 7) is 9.19. The molecule has 2 aromatic rings. The van der Waals surface area contributed by atoms with E-state index in [1.807, 2.05) is 50.3 Å². The van der Waals surface area contributed by atoms with Crippen molar-refractivity contribution in [1.82, 2.24) is 26.1 Å². The summed E-state index contributed by atoms with van der Waals surface area (Å²) in [7, 11) is 1.43. The summed E-state index contributed by atoms with van der Waals surface area (Å²) in [4.78, 5) is 58.2. The van der Waals surface area contributed by atoms with Crippen molar-refractivity contribution in [3.05, 3.63) is 47.7 Å². The number of methoxy groups -OCH3 is 1. The van der Waals surface area contributed by atoms with Gasteiger partial charge in [-0.05, 0) is 57.2 Å². The van der Waals surface area contributed by atoms with Gasteiger partial charge in [0.05, 0.1) is 23.2 Å². The Kier molecular flexibility index (Phi) is 9.63. The molecule has 11 nitrogen and oxygen atoms in total. The molecule has 1 aromatic carbocycles. The predicted octanol–water partition coefficient (Wildman–Crippen LogP) is 2.66. The molecule has 3 heterocycles. The summed E-state index contributed by atoms with van der Waals surface area (Å²) in [5.74, 6) is -2.05. The van der Waals surface area contributed by atoms with Gasteiger partial charge in [0.1, 0.15) is 24.2 Å². The van der Waals surface area contributed by atoms with Crippen LogP contribution >= 0.6 is 0 Å². The molecule has 226 valence electrons. The molecule has 1 aromatic heterocycles. The third-order valence-electron chi connectivity index (χ3n) is 7.65. The van der Waals surface area contributed by atoms with E-state index in [1.165, 1.54) is 12.1 Å². The highest BCUT2D eigenvalue weighted by atomic mass is 16.5. The van der Waals surface area contributed by atoms with E-state index >= 15 is 0 Å². The smallest absolute Gasteiger partial charge is 0.325 e. The number of ether oxygens (including phenoxy) is 2. The molecule has 3 amide bonds. The van der Waals surface area contributed by atoms with Crippen LogP contribution in [0.15, 0.2) is 36.4 Å². The van der Waals surface area contributed by atoms with Crippen LogP contribution in [0, 0.1) is 11.3 Å². The highest BCUT2D eigenvalue weighted by Crippen LogP contribution is 2.25. The fraction of sp³-hybridized carbons (Fsp3) is 0.516. The highest BCUT2D eigenvalue weighted by molar-refractivity contribution is 5.94. The number of nitrogens with one attached hydrogen (secondary N) is 3. The number of fused-ring (bicyclic) bond motifs is 4. The lowest BCUT2D eigenvalue weighted by molar-refractivity contribution is -0.157. The lowest BCUT2D eigenvalue weighted by Gasteiger charge is -2.35. The van der Waals surface area contributed by atoms with Gasteiger partial charge in [-0.1, -0.05) is 44.2 Å². The summed E-state index contributed by atoms with van der Waals surface area (Å²) in [6.07, 6.45) is 4.04. The molecule has 5 bridgehead atoms. The number of carbonyl (C=O) groups excluding carboxylic acids is 4. The number of esters is 1. The minimum atomic E-state index is -1.04. The van der Waals surface area contributed by atoms with E-state index in [4.69, 9.17) is 14.5 Å². The van der Waals surface area contributed by atoms with E-state index in [1.54, 1.807) is 26.8 Å². The zero-order valence-corrected chi connectivity index (χ0v) is 25.1. The van der Waals surface area contributed by atoms with Crippen molar-refractivity contribution >= 4 is 40.7 Å². The van der Waals surface area contributed by atoms with Crippen molar-refractivity contribution in [1.29, 1.82) is 0 Å². The number of rotatable bonds is 3. The third kappa shape index (κ3) is 7.14. The average Bonchev–Trinajstić information content (AvgIpc) is 2.96. The molecule has 0 radical (unpaired) electrons. The van der Waals surface area contributed by atoms with Crippen LogP contribution in [0.1, 0.15) is 64.8 Å². The maximum atomic E-state index is 13.5. The third-order valence-corrected chi connectivity index (χ3v) is 7.65. The van der Waals surface area contributed by atoms with Gasteiger partial charge in [0.25, 0.3) is 5.91 Å². The predicted molar refractivity (Wildman–Crippen MR) is 158 cm³/mol. The fourth-order valence-electron chi connectivity index (χ4n) is 4.95. The number of benzene rings is 1. The van der Waals surface area contributed by atoms with Gasteiger partial charge in [0.2, 0.25) is 11.8 Å². The second-order valence-corrected chi connectivity index (χ2v) is 11.8. The molecular weight excluding hydrogens is 538 g/mol. The molecule has 2 aliphatic heterocycles. The molecule has 42 heavy (non-hydrogen) atoms. The Morgan fingerprint density at radius 2 is 1.86 bits per heavy atom. The topological polar surface area (TPSA) is 139 Å². The van der Waals surface area contributed by atoms with Crippen LogP contribution in [0.25, 0.3) is 17.0 Å². The van der Waals surface area contributed by atoms with Gasteiger partial charge in [0, 0.05) is 19.0 Å². The summed E-state index contributed by atoms with van der Waals surface area (Å²) in [6, 6.07) is 6.86. The first kappa shape index (κ1) is 31.1. The maximum absolute atomic E-state index is 13.5. The number of hydrazine groups is 1. The van der Waals surface area contributed by atoms with Crippen LogP contribution in [0.2, 0.25) is 0 Å². The molecule has 0 spiro atoms. The summed E-state index contributed by atoms with van der Waals surface area (Å²) in [5, 5.41) is 7.88. The molecule has 1 fully saturated rings. The molecule has 2 aliphatic rings. The molecule has 0 aliphatic carbocycles. The molecule has 11 heteroatoms. The summed E-state index contributed by atoms with van der Waals surface area (Å²) >= 11 is 0. The SMILES string of the molecule is COC[C@@H]1NC(=O)[C@H](C(C)C)NC(=O)C(C)(C)C=Cc2ccc3ccc(nc3c2)[C@@H](C)OC(=O)[C@@H]2CCCN(N2)C1=O. The van der Waals surface area contributed by atoms with Gasteiger partial charge in [-0.15, -0.1) is 0 Å². The van der Waals surface area contributed by atoms with E-state index in [9.17, 15) is 19.2 Å². The summed E-state index contributed by atoms with van der Waals surface area (Å²) in [5.41, 5.74) is 4.18. The van der Waals surface area contributed by atoms with Gasteiger partial charge in [-0.25, -0.2) is 10.4 Å². The van der Waals surface area contributed by atoms with Gasteiger partial charge >= 0.3 is 5.97 Å². The van der Waals surface area contributed by atoms with Crippen molar-refractivity contribution in [3.63, 3.8) is 0 Å². The van der Waals surface area contributed by atoms with E-state index in [-0.39, 0.29) is 18.4 Å². The molecule has 0 unspecified atom stereocenters. The Hall–Kier alpha value is -3.83. The minimum absolute atomic E-state index is 0.0888. The molecule has 3 N–H and O–H groups in total. The normalized spacial score (nSPS) is 25.7. The minimum Gasteiger partial charge on any atom is -0.455 e. The monoisotopic (exact) mass is 579 g/mol. The van der Waals surface area contributed by atoms with E-state index < -0.39 is 47.4 Å². The standard InChI is InChI=1S/C31H41N5O6/c1-18(2)26-27(37)33-25(17-41-6)28(38)36-15-7-8-23(35-36)29(39)42-19(3)22-12-11-21-10-9-20(16-24(21)32-22)13-14-31(4,5)30(40)34-26/h9-14,16,18-19,23,25-26,35H,7-8,15,17H2,1-6H3,(H,33,37)(H,34,40)/t19-,23+,25+,26+/m1/s1. The fourth-order valence-corrected chi connectivity index (χ4v) is 4.95. The quantitative estimate of drug-likeness (QED) is 0.472. The first-order valence-electron chi connectivity index (χ1n) is 14.4.